The Balaban J connectivity index is 2.48. The number of amides is 1. The zero-order chi connectivity index (χ0) is 15.4. The molecule has 0 aliphatic heterocycles. The summed E-state index contributed by atoms with van der Waals surface area (Å²) in [4.78, 5) is 28.1. The van der Waals surface area contributed by atoms with E-state index in [1.54, 1.807) is 31.2 Å². The lowest BCUT2D eigenvalue weighted by Gasteiger charge is -2.20. The third-order valence-corrected chi connectivity index (χ3v) is 3.11. The normalized spacial score (nSPS) is 10.2. The van der Waals surface area contributed by atoms with Crippen molar-refractivity contribution in [3.05, 3.63) is 63.4 Å². The Labute approximate surface area is 126 Å². The lowest BCUT2D eigenvalue weighted by molar-refractivity contribution is -0.385. The molecule has 0 saturated carbocycles. The van der Waals surface area contributed by atoms with Crippen LogP contribution in [0.2, 0.25) is 5.15 Å². The summed E-state index contributed by atoms with van der Waals surface area (Å²) < 4.78 is 0. The van der Waals surface area contributed by atoms with Gasteiger partial charge in [0.05, 0.1) is 4.92 Å². The average molecular weight is 306 g/mol. The minimum absolute atomic E-state index is 0.0352. The summed E-state index contributed by atoms with van der Waals surface area (Å²) in [5.41, 5.74) is 0.219. The molecular formula is C14H12ClN3O3. The van der Waals surface area contributed by atoms with Crippen molar-refractivity contribution in [2.75, 3.05) is 11.4 Å². The van der Waals surface area contributed by atoms with Gasteiger partial charge in [-0.15, -0.1) is 0 Å². The Morgan fingerprint density at radius 1 is 1.38 bits per heavy atom. The molecule has 0 unspecified atom stereocenters. The van der Waals surface area contributed by atoms with Gasteiger partial charge in [0.1, 0.15) is 16.9 Å². The lowest BCUT2D eigenvalue weighted by atomic mass is 10.2. The van der Waals surface area contributed by atoms with Gasteiger partial charge in [-0.3, -0.25) is 14.9 Å². The van der Waals surface area contributed by atoms with Crippen LogP contribution in [0.4, 0.5) is 11.4 Å². The van der Waals surface area contributed by atoms with Gasteiger partial charge in [-0.25, -0.2) is 4.98 Å². The van der Waals surface area contributed by atoms with Crippen molar-refractivity contribution < 1.29 is 9.72 Å². The van der Waals surface area contributed by atoms with E-state index in [1.807, 2.05) is 6.07 Å². The van der Waals surface area contributed by atoms with Crippen LogP contribution in [0.15, 0.2) is 42.6 Å². The van der Waals surface area contributed by atoms with E-state index in [4.69, 9.17) is 11.6 Å². The molecule has 0 aliphatic carbocycles. The molecule has 2 rings (SSSR count). The number of carbonyl (C=O) groups is 1. The number of halogens is 1. The van der Waals surface area contributed by atoms with Crippen LogP contribution >= 0.6 is 11.6 Å². The van der Waals surface area contributed by atoms with Gasteiger partial charge in [-0.05, 0) is 25.1 Å². The molecule has 7 heteroatoms. The van der Waals surface area contributed by atoms with Crippen LogP contribution in [0.1, 0.15) is 17.3 Å². The molecule has 0 atom stereocenters. The first-order chi connectivity index (χ1) is 10.0. The first-order valence-corrected chi connectivity index (χ1v) is 6.59. The lowest BCUT2D eigenvalue weighted by Crippen LogP contribution is -2.31. The molecule has 0 saturated heterocycles. The average Bonchev–Trinajstić information content (AvgIpc) is 2.48. The fourth-order valence-corrected chi connectivity index (χ4v) is 2.09. The number of pyridine rings is 1. The quantitative estimate of drug-likeness (QED) is 0.493. The highest BCUT2D eigenvalue weighted by Crippen LogP contribution is 2.24. The second kappa shape index (κ2) is 6.32. The van der Waals surface area contributed by atoms with E-state index in [0.29, 0.717) is 12.2 Å². The number of hydrogen-bond donors (Lipinski definition) is 0. The van der Waals surface area contributed by atoms with Gasteiger partial charge in [0.25, 0.3) is 11.6 Å². The van der Waals surface area contributed by atoms with Crippen LogP contribution in [0.3, 0.4) is 0 Å². The number of benzene rings is 1. The second-order valence-corrected chi connectivity index (χ2v) is 4.55. The molecule has 6 nitrogen and oxygen atoms in total. The number of hydrogen-bond acceptors (Lipinski definition) is 4. The largest absolute Gasteiger partial charge is 0.308 e. The number of nitro groups is 1. The predicted octanol–water partition coefficient (Wildman–Crippen LogP) is 3.31. The monoisotopic (exact) mass is 305 g/mol. The van der Waals surface area contributed by atoms with Crippen molar-refractivity contribution in [2.45, 2.75) is 6.92 Å². The Morgan fingerprint density at radius 2 is 2.05 bits per heavy atom. The molecule has 108 valence electrons. The highest BCUT2D eigenvalue weighted by atomic mass is 35.5. The Morgan fingerprint density at radius 3 is 2.62 bits per heavy atom. The highest BCUT2D eigenvalue weighted by Gasteiger charge is 2.25. The minimum atomic E-state index is -0.643. The number of para-hydroxylation sites is 1. The van der Waals surface area contributed by atoms with E-state index in [2.05, 4.69) is 4.98 Å². The highest BCUT2D eigenvalue weighted by molar-refractivity contribution is 6.30. The second-order valence-electron chi connectivity index (χ2n) is 4.17. The predicted molar refractivity (Wildman–Crippen MR) is 79.7 cm³/mol. The third-order valence-electron chi connectivity index (χ3n) is 2.91. The molecule has 1 heterocycles. The summed E-state index contributed by atoms with van der Waals surface area (Å²) in [6, 6.07) is 10.1. The van der Waals surface area contributed by atoms with Crippen LogP contribution in [0, 0.1) is 10.1 Å². The first kappa shape index (κ1) is 14.9. The van der Waals surface area contributed by atoms with E-state index in [0.717, 1.165) is 6.20 Å². The molecule has 0 fully saturated rings. The number of aromatic nitrogens is 1. The molecular weight excluding hydrogens is 294 g/mol. The zero-order valence-corrected chi connectivity index (χ0v) is 11.9. The van der Waals surface area contributed by atoms with Crippen molar-refractivity contribution in [3.8, 4) is 0 Å². The topological polar surface area (TPSA) is 76.3 Å². The molecule has 2 aromatic rings. The standard InChI is InChI=1S/C14H12ClN3O3/c1-2-17(10-6-4-3-5-7-10)14(19)11-8-13(15)16-9-12(11)18(20)21/h3-9H,2H2,1H3. The Kier molecular flexibility index (Phi) is 4.49. The molecule has 0 N–H and O–H groups in total. The number of rotatable bonds is 4. The molecule has 0 aliphatic rings. The summed E-state index contributed by atoms with van der Waals surface area (Å²) in [5.74, 6) is -0.486. The molecule has 1 aromatic heterocycles. The van der Waals surface area contributed by atoms with Crippen molar-refractivity contribution in [1.82, 2.24) is 4.98 Å². The van der Waals surface area contributed by atoms with E-state index >= 15 is 0 Å². The summed E-state index contributed by atoms with van der Waals surface area (Å²) in [6.07, 6.45) is 0.994. The number of nitrogens with zero attached hydrogens (tertiary/aromatic N) is 3. The number of anilines is 1. The van der Waals surface area contributed by atoms with Gasteiger partial charge in [0.15, 0.2) is 0 Å². The molecule has 0 bridgehead atoms. The van der Waals surface area contributed by atoms with Crippen molar-refractivity contribution in [3.63, 3.8) is 0 Å². The third kappa shape index (κ3) is 3.17. The maximum absolute atomic E-state index is 12.6. The van der Waals surface area contributed by atoms with Crippen molar-refractivity contribution >= 4 is 28.9 Å². The molecule has 21 heavy (non-hydrogen) atoms. The van der Waals surface area contributed by atoms with Gasteiger partial charge in [0.2, 0.25) is 0 Å². The van der Waals surface area contributed by atoms with Crippen LogP contribution in [0.5, 0.6) is 0 Å². The van der Waals surface area contributed by atoms with E-state index in [1.165, 1.54) is 11.0 Å². The van der Waals surface area contributed by atoms with Crippen molar-refractivity contribution in [1.29, 1.82) is 0 Å². The van der Waals surface area contributed by atoms with Gasteiger partial charge in [-0.1, -0.05) is 29.8 Å². The van der Waals surface area contributed by atoms with Crippen LogP contribution in [-0.4, -0.2) is 22.4 Å². The Bertz CT molecular complexity index is 676. The van der Waals surface area contributed by atoms with E-state index in [-0.39, 0.29) is 16.4 Å². The van der Waals surface area contributed by atoms with Crippen LogP contribution in [0.25, 0.3) is 0 Å². The van der Waals surface area contributed by atoms with Crippen molar-refractivity contribution in [2.24, 2.45) is 0 Å². The molecule has 1 aromatic carbocycles. The summed E-state index contributed by atoms with van der Waals surface area (Å²) >= 11 is 5.76. The van der Waals surface area contributed by atoms with Gasteiger partial charge < -0.3 is 4.90 Å². The smallest absolute Gasteiger partial charge is 0.300 e. The molecule has 0 radical (unpaired) electrons. The molecule has 0 spiro atoms. The van der Waals surface area contributed by atoms with Gasteiger partial charge in [-0.2, -0.15) is 0 Å². The SMILES string of the molecule is CCN(C(=O)c1cc(Cl)ncc1[N+](=O)[O-])c1ccccc1. The van der Waals surface area contributed by atoms with E-state index in [9.17, 15) is 14.9 Å². The Hall–Kier alpha value is -2.47. The maximum Gasteiger partial charge on any atom is 0.300 e. The molecule has 1 amide bonds. The van der Waals surface area contributed by atoms with E-state index < -0.39 is 10.8 Å². The van der Waals surface area contributed by atoms with Crippen LogP contribution < -0.4 is 4.90 Å². The first-order valence-electron chi connectivity index (χ1n) is 6.21. The minimum Gasteiger partial charge on any atom is -0.308 e. The van der Waals surface area contributed by atoms with Gasteiger partial charge >= 0.3 is 0 Å². The van der Waals surface area contributed by atoms with Crippen LogP contribution in [-0.2, 0) is 0 Å². The van der Waals surface area contributed by atoms with Gasteiger partial charge in [0, 0.05) is 12.2 Å². The number of carbonyl (C=O) groups excluding carboxylic acids is 1. The zero-order valence-electron chi connectivity index (χ0n) is 11.2. The fraction of sp³-hybridized carbons (Fsp3) is 0.143. The summed E-state index contributed by atoms with van der Waals surface area (Å²) in [5, 5.41) is 11.1. The fourth-order valence-electron chi connectivity index (χ4n) is 1.94. The maximum atomic E-state index is 12.6. The summed E-state index contributed by atoms with van der Waals surface area (Å²) in [7, 11) is 0. The summed E-state index contributed by atoms with van der Waals surface area (Å²) in [6.45, 7) is 2.17.